The van der Waals surface area contributed by atoms with Crippen molar-refractivity contribution in [2.75, 3.05) is 5.32 Å². The fourth-order valence-electron chi connectivity index (χ4n) is 5.04. The number of rotatable bonds is 7. The summed E-state index contributed by atoms with van der Waals surface area (Å²) >= 11 is 6.40. The quantitative estimate of drug-likeness (QED) is 0.679. The van der Waals surface area contributed by atoms with Gasteiger partial charge < -0.3 is 10.6 Å². The van der Waals surface area contributed by atoms with Crippen molar-refractivity contribution in [3.8, 4) is 0 Å². The van der Waals surface area contributed by atoms with Crippen LogP contribution in [0.2, 0.25) is 5.02 Å². The number of fused-ring (bicyclic) bond motifs is 2. The van der Waals surface area contributed by atoms with E-state index in [9.17, 15) is 9.59 Å². The zero-order valence-electron chi connectivity index (χ0n) is 17.8. The average molecular weight is 445 g/mol. The number of carbonyl (C=O) groups excluding carboxylic acids is 1. The molecule has 2 aliphatic rings. The standard InChI is InChI=1S/C22H29ClN6O2/c1-2-16(17-9-10-24-13-25-17)27-19(30)12-29-22(31)20(23)18(11-26-29)28-21-14-5-3-6-15(21)8-4-7-14/h9-11,13-16,21,28H,2-8,12H2,1H3,(H,27,30). The number of amides is 1. The zero-order valence-corrected chi connectivity index (χ0v) is 18.5. The number of halogens is 1. The molecule has 2 fully saturated rings. The third-order valence-corrected chi connectivity index (χ3v) is 6.99. The number of hydrogen-bond acceptors (Lipinski definition) is 6. The molecular weight excluding hydrogens is 416 g/mol. The lowest BCUT2D eigenvalue weighted by atomic mass is 9.68. The molecule has 1 amide bonds. The van der Waals surface area contributed by atoms with Crippen molar-refractivity contribution in [1.82, 2.24) is 25.1 Å². The van der Waals surface area contributed by atoms with Gasteiger partial charge in [-0.1, -0.05) is 31.4 Å². The second-order valence-corrected chi connectivity index (χ2v) is 8.93. The van der Waals surface area contributed by atoms with Gasteiger partial charge in [0.15, 0.2) is 0 Å². The number of hydrogen-bond donors (Lipinski definition) is 2. The van der Waals surface area contributed by atoms with E-state index in [4.69, 9.17) is 11.6 Å². The van der Waals surface area contributed by atoms with Gasteiger partial charge in [0.1, 0.15) is 17.9 Å². The highest BCUT2D eigenvalue weighted by Crippen LogP contribution is 2.41. The van der Waals surface area contributed by atoms with E-state index in [0.29, 0.717) is 30.0 Å². The maximum Gasteiger partial charge on any atom is 0.288 e. The molecule has 0 spiro atoms. The average Bonchev–Trinajstić information content (AvgIpc) is 2.77. The molecule has 2 saturated carbocycles. The predicted octanol–water partition coefficient (Wildman–Crippen LogP) is 3.33. The van der Waals surface area contributed by atoms with Gasteiger partial charge in [0.2, 0.25) is 5.91 Å². The summed E-state index contributed by atoms with van der Waals surface area (Å²) in [6.45, 7) is 1.75. The van der Waals surface area contributed by atoms with Crippen LogP contribution >= 0.6 is 11.6 Å². The first-order chi connectivity index (χ1) is 15.1. The van der Waals surface area contributed by atoms with Gasteiger partial charge in [0.25, 0.3) is 5.56 Å². The Balaban J connectivity index is 1.43. The third-order valence-electron chi connectivity index (χ3n) is 6.62. The highest BCUT2D eigenvalue weighted by molar-refractivity contribution is 6.32. The van der Waals surface area contributed by atoms with Crippen molar-refractivity contribution < 1.29 is 4.79 Å². The van der Waals surface area contributed by atoms with Crippen molar-refractivity contribution >= 4 is 23.2 Å². The number of carbonyl (C=O) groups is 1. The molecule has 0 aromatic carbocycles. The predicted molar refractivity (Wildman–Crippen MR) is 119 cm³/mol. The van der Waals surface area contributed by atoms with Gasteiger partial charge in [-0.2, -0.15) is 5.10 Å². The van der Waals surface area contributed by atoms with Crippen LogP contribution in [0.15, 0.2) is 29.6 Å². The van der Waals surface area contributed by atoms with Crippen molar-refractivity contribution in [1.29, 1.82) is 0 Å². The van der Waals surface area contributed by atoms with Crippen molar-refractivity contribution in [3.63, 3.8) is 0 Å². The Hall–Kier alpha value is -2.48. The van der Waals surface area contributed by atoms with Gasteiger partial charge in [-0.05, 0) is 50.0 Å². The highest BCUT2D eigenvalue weighted by Gasteiger charge is 2.36. The summed E-state index contributed by atoms with van der Waals surface area (Å²) in [6, 6.07) is 1.85. The third kappa shape index (κ3) is 4.89. The van der Waals surface area contributed by atoms with Gasteiger partial charge in [-0.15, -0.1) is 0 Å². The van der Waals surface area contributed by atoms with E-state index in [1.54, 1.807) is 18.5 Å². The molecule has 1 atom stereocenters. The second kappa shape index (κ2) is 9.77. The van der Waals surface area contributed by atoms with Crippen LogP contribution < -0.4 is 16.2 Å². The molecule has 4 rings (SSSR count). The molecule has 8 nitrogen and oxygen atoms in total. The van der Waals surface area contributed by atoms with Crippen LogP contribution in [0.3, 0.4) is 0 Å². The SMILES string of the molecule is CCC(NC(=O)Cn1ncc(NC2C3CCCC2CCC3)c(Cl)c1=O)c1ccncn1. The van der Waals surface area contributed by atoms with E-state index >= 15 is 0 Å². The summed E-state index contributed by atoms with van der Waals surface area (Å²) in [7, 11) is 0. The first kappa shape index (κ1) is 21.7. The molecular formula is C22H29ClN6O2. The molecule has 166 valence electrons. The second-order valence-electron chi connectivity index (χ2n) is 8.55. The summed E-state index contributed by atoms with van der Waals surface area (Å²) in [6.07, 6.45) is 12.8. The molecule has 2 heterocycles. The summed E-state index contributed by atoms with van der Waals surface area (Å²) in [4.78, 5) is 33.4. The number of nitrogens with zero attached hydrogens (tertiary/aromatic N) is 4. The van der Waals surface area contributed by atoms with Crippen LogP contribution in [0, 0.1) is 11.8 Å². The molecule has 0 aliphatic heterocycles. The van der Waals surface area contributed by atoms with Gasteiger partial charge in [0.05, 0.1) is 23.6 Å². The topological polar surface area (TPSA) is 102 Å². The number of nitrogens with one attached hydrogen (secondary N) is 2. The molecule has 2 N–H and O–H groups in total. The lowest BCUT2D eigenvalue weighted by molar-refractivity contribution is -0.122. The summed E-state index contributed by atoms with van der Waals surface area (Å²) in [5.41, 5.74) is 0.833. The minimum absolute atomic E-state index is 0.0919. The maximum atomic E-state index is 12.8. The van der Waals surface area contributed by atoms with E-state index in [0.717, 1.165) is 10.4 Å². The molecule has 31 heavy (non-hydrogen) atoms. The van der Waals surface area contributed by atoms with Crippen molar-refractivity contribution in [3.05, 3.63) is 45.9 Å². The first-order valence-electron chi connectivity index (χ1n) is 11.1. The summed E-state index contributed by atoms with van der Waals surface area (Å²) < 4.78 is 1.11. The van der Waals surface area contributed by atoms with E-state index < -0.39 is 5.56 Å². The normalized spacial score (nSPS) is 23.7. The van der Waals surface area contributed by atoms with E-state index in [-0.39, 0.29) is 23.5 Å². The summed E-state index contributed by atoms with van der Waals surface area (Å²) in [5.74, 6) is 0.938. The molecule has 2 aromatic rings. The Kier molecular flexibility index (Phi) is 6.85. The van der Waals surface area contributed by atoms with Gasteiger partial charge in [0, 0.05) is 12.2 Å². The molecule has 2 aromatic heterocycles. The number of anilines is 1. The molecule has 0 saturated heterocycles. The Morgan fingerprint density at radius 1 is 1.26 bits per heavy atom. The largest absolute Gasteiger partial charge is 0.379 e. The Morgan fingerprint density at radius 3 is 2.58 bits per heavy atom. The lowest BCUT2D eigenvalue weighted by Crippen LogP contribution is -2.43. The van der Waals surface area contributed by atoms with Crippen LogP contribution in [0.25, 0.3) is 0 Å². The van der Waals surface area contributed by atoms with Crippen LogP contribution in [-0.4, -0.2) is 31.7 Å². The van der Waals surface area contributed by atoms with Gasteiger partial charge in [-0.25, -0.2) is 14.6 Å². The Bertz CT molecular complexity index is 944. The minimum Gasteiger partial charge on any atom is -0.379 e. The molecule has 9 heteroatoms. The zero-order chi connectivity index (χ0) is 21.8. The van der Waals surface area contributed by atoms with Crippen molar-refractivity contribution in [2.24, 2.45) is 11.8 Å². The van der Waals surface area contributed by atoms with Gasteiger partial charge in [-0.3, -0.25) is 9.59 Å². The molecule has 2 aliphatic carbocycles. The van der Waals surface area contributed by atoms with E-state index in [2.05, 4.69) is 25.7 Å². The highest BCUT2D eigenvalue weighted by atomic mass is 35.5. The fourth-order valence-corrected chi connectivity index (χ4v) is 5.24. The van der Waals surface area contributed by atoms with Crippen molar-refractivity contribution in [2.45, 2.75) is 70.5 Å². The minimum atomic E-state index is -0.460. The molecule has 2 bridgehead atoms. The number of aromatic nitrogens is 4. The van der Waals surface area contributed by atoms with E-state index in [1.807, 2.05) is 6.92 Å². The maximum absolute atomic E-state index is 12.8. The molecule has 0 radical (unpaired) electrons. The van der Waals surface area contributed by atoms with Crippen LogP contribution in [0.4, 0.5) is 5.69 Å². The first-order valence-corrected chi connectivity index (χ1v) is 11.5. The lowest BCUT2D eigenvalue weighted by Gasteiger charge is -2.43. The Labute approximate surface area is 186 Å². The molecule has 1 unspecified atom stereocenters. The van der Waals surface area contributed by atoms with Gasteiger partial charge >= 0.3 is 0 Å². The van der Waals surface area contributed by atoms with Crippen LogP contribution in [0.1, 0.15) is 63.6 Å². The summed E-state index contributed by atoms with van der Waals surface area (Å²) in [5, 5.41) is 10.7. The van der Waals surface area contributed by atoms with Crippen LogP contribution in [-0.2, 0) is 11.3 Å². The fraction of sp³-hybridized carbons (Fsp3) is 0.591. The smallest absolute Gasteiger partial charge is 0.288 e. The Morgan fingerprint density at radius 2 is 1.97 bits per heavy atom. The van der Waals surface area contributed by atoms with Crippen LogP contribution in [0.5, 0.6) is 0 Å². The van der Waals surface area contributed by atoms with E-state index in [1.165, 1.54) is 44.9 Å². The monoisotopic (exact) mass is 444 g/mol.